The van der Waals surface area contributed by atoms with Crippen molar-refractivity contribution < 1.29 is 42.9 Å². The predicted molar refractivity (Wildman–Crippen MR) is 214 cm³/mol. The molecule has 55 heavy (non-hydrogen) atoms. The zero-order valence-electron chi connectivity index (χ0n) is 36.0. The summed E-state index contributed by atoms with van der Waals surface area (Å²) in [5, 5.41) is 12.5. The number of aryl methyl sites for hydroxylation is 1. The number of carbonyl (C=O) groups is 5. The first-order valence-electron chi connectivity index (χ1n) is 19.5. The smallest absolute Gasteiger partial charge is 0.242 e. The summed E-state index contributed by atoms with van der Waals surface area (Å²) in [6.45, 7) is 15.6. The van der Waals surface area contributed by atoms with Crippen LogP contribution < -0.4 is 10.6 Å². The summed E-state index contributed by atoms with van der Waals surface area (Å²) in [4.78, 5) is 71.4. The molecule has 1 saturated heterocycles. The molecule has 3 N–H and O–H groups in total. The van der Waals surface area contributed by atoms with Crippen LogP contribution in [0.5, 0.6) is 0 Å². The molecule has 0 saturated carbocycles. The normalized spacial score (nSPS) is 17.1. The Hall–Kier alpha value is -3.46. The van der Waals surface area contributed by atoms with Gasteiger partial charge in [0.1, 0.15) is 5.82 Å². The number of ketones is 1. The van der Waals surface area contributed by atoms with Crippen LogP contribution in [-0.2, 0) is 28.7 Å². The molecule has 0 spiro atoms. The molecule has 1 aliphatic rings. The summed E-state index contributed by atoms with van der Waals surface area (Å²) in [6, 6.07) is 2.67. The van der Waals surface area contributed by atoms with E-state index in [4.69, 9.17) is 14.6 Å². The lowest BCUT2D eigenvalue weighted by Gasteiger charge is -2.39. The van der Waals surface area contributed by atoms with Crippen molar-refractivity contribution in [1.29, 1.82) is 0 Å². The van der Waals surface area contributed by atoms with Crippen LogP contribution in [0.4, 0.5) is 4.39 Å². The summed E-state index contributed by atoms with van der Waals surface area (Å²) < 4.78 is 25.2. The number of likely N-dealkylation sites (N-methyl/N-ethyl adjacent to an activating group) is 2. The Kier molecular flexibility index (Phi) is 24.7. The number of likely N-dealkylation sites (tertiary alicyclic amines) is 1. The molecule has 4 amide bonds. The Morgan fingerprint density at radius 3 is 2.02 bits per heavy atom. The van der Waals surface area contributed by atoms with Gasteiger partial charge in [-0.1, -0.05) is 61.3 Å². The maximum atomic E-state index is 13.9. The molecule has 1 fully saturated rings. The first-order chi connectivity index (χ1) is 25.9. The molecule has 6 unspecified atom stereocenters. The van der Waals surface area contributed by atoms with Gasteiger partial charge in [0, 0.05) is 40.5 Å². The van der Waals surface area contributed by atoms with Gasteiger partial charge in [-0.25, -0.2) is 4.39 Å². The Bertz CT molecular complexity index is 1340. The maximum Gasteiger partial charge on any atom is 0.242 e. The van der Waals surface area contributed by atoms with Crippen molar-refractivity contribution in [3.63, 3.8) is 0 Å². The number of nitrogens with one attached hydrogen (secondary N) is 2. The van der Waals surface area contributed by atoms with Gasteiger partial charge in [0.2, 0.25) is 23.6 Å². The topological polar surface area (TPSA) is 158 Å². The molecule has 0 radical (unpaired) electrons. The highest BCUT2D eigenvalue weighted by atomic mass is 19.1. The highest BCUT2D eigenvalue weighted by Crippen LogP contribution is 2.29. The van der Waals surface area contributed by atoms with Crippen molar-refractivity contribution in [3.8, 4) is 0 Å². The zero-order valence-corrected chi connectivity index (χ0v) is 36.0. The quantitative estimate of drug-likeness (QED) is 0.176. The Morgan fingerprint density at radius 2 is 1.53 bits per heavy atom. The van der Waals surface area contributed by atoms with Crippen LogP contribution in [0.15, 0.2) is 18.2 Å². The number of hydrogen-bond acceptors (Lipinski definition) is 9. The maximum absolute atomic E-state index is 13.9. The van der Waals surface area contributed by atoms with Gasteiger partial charge in [0.15, 0.2) is 5.78 Å². The molecule has 0 aliphatic carbocycles. The van der Waals surface area contributed by atoms with Gasteiger partial charge in [0.05, 0.1) is 55.8 Å². The number of hydrogen-bond donors (Lipinski definition) is 3. The number of Topliss-reactive ketones (excluding diaryl/α,β-unsaturated/α-hetero) is 1. The van der Waals surface area contributed by atoms with E-state index in [2.05, 4.69) is 24.5 Å². The molecular formula is C41H72FN5O8. The van der Waals surface area contributed by atoms with Crippen LogP contribution in [0.1, 0.15) is 96.5 Å². The fourth-order valence-electron chi connectivity index (χ4n) is 7.21. The van der Waals surface area contributed by atoms with Crippen molar-refractivity contribution in [1.82, 2.24) is 25.3 Å². The standard InChI is InChI=1S/C37H60FN5O7.C3H8.CH4O/c1-12-23(4)34(42(9)32(46)21-40-37(48)33(22(2)3)41(7)8)30(49-10)19-31(45)43-17-13-14-28(43)35(50-11)25(6)36(47)39-20-29(44)27-16-15-26(38)18-24(27)5;1-3-2;1-2/h15-16,18,22-23,25,28,30,33-35H,12-14,17,19-21H2,1-11H3,(H,39,47)(H,40,48);3H2,1-2H3;2H,1H3/t23-,25?,28?,30?,33?,34?,35?;;/m0../s1. The SMILES string of the molecule is CCC.CC[C@H](C)C(C(CC(=O)N1CCCC1C(OC)C(C)C(=O)NCC(=O)c1ccc(F)cc1C)OC)N(C)C(=O)CNC(=O)C(C(C)C)N(C)C.CO. The molecule has 1 heterocycles. The monoisotopic (exact) mass is 782 g/mol. The fourth-order valence-corrected chi connectivity index (χ4v) is 7.21. The average molecular weight is 782 g/mol. The van der Waals surface area contributed by atoms with Crippen LogP contribution in [0.25, 0.3) is 0 Å². The van der Waals surface area contributed by atoms with Gasteiger partial charge in [-0.05, 0) is 69.5 Å². The van der Waals surface area contributed by atoms with Crippen molar-refractivity contribution >= 4 is 29.4 Å². The largest absolute Gasteiger partial charge is 0.400 e. The second kappa shape index (κ2) is 26.4. The molecule has 0 aromatic heterocycles. The van der Waals surface area contributed by atoms with Crippen LogP contribution in [-0.4, -0.2) is 142 Å². The summed E-state index contributed by atoms with van der Waals surface area (Å²) >= 11 is 0. The van der Waals surface area contributed by atoms with E-state index in [1.807, 2.05) is 46.7 Å². The zero-order chi connectivity index (χ0) is 42.6. The molecule has 1 aromatic rings. The number of carbonyl (C=O) groups excluding carboxylic acids is 5. The highest BCUT2D eigenvalue weighted by Gasteiger charge is 2.42. The Balaban J connectivity index is 0.00000554. The lowest BCUT2D eigenvalue weighted by atomic mass is 9.90. The fraction of sp³-hybridized carbons (Fsp3) is 0.732. The molecule has 13 nitrogen and oxygen atoms in total. The Morgan fingerprint density at radius 1 is 0.945 bits per heavy atom. The summed E-state index contributed by atoms with van der Waals surface area (Å²) in [5.41, 5.74) is 0.819. The number of aliphatic hydroxyl groups is 1. The number of amides is 4. The highest BCUT2D eigenvalue weighted by molar-refractivity contribution is 6.00. The van der Waals surface area contributed by atoms with E-state index in [0.29, 0.717) is 24.1 Å². The van der Waals surface area contributed by atoms with E-state index in [0.717, 1.165) is 20.0 Å². The molecule has 316 valence electrons. The molecule has 0 bridgehead atoms. The average Bonchev–Trinajstić information content (AvgIpc) is 3.63. The van der Waals surface area contributed by atoms with E-state index >= 15 is 0 Å². The van der Waals surface area contributed by atoms with Crippen molar-refractivity contribution in [2.75, 3.05) is 62.1 Å². The number of rotatable bonds is 19. The van der Waals surface area contributed by atoms with Gasteiger partial charge >= 0.3 is 0 Å². The summed E-state index contributed by atoms with van der Waals surface area (Å²) in [7, 11) is 9.36. The molecule has 14 heteroatoms. The van der Waals surface area contributed by atoms with Gasteiger partial charge in [0.25, 0.3) is 0 Å². The molecule has 7 atom stereocenters. The number of nitrogens with zero attached hydrogens (tertiary/aromatic N) is 3. The lowest BCUT2D eigenvalue weighted by molar-refractivity contribution is -0.145. The number of methoxy groups -OCH3 is 2. The third-order valence-electron chi connectivity index (χ3n) is 10.1. The van der Waals surface area contributed by atoms with Gasteiger partial charge in [-0.15, -0.1) is 0 Å². The second-order valence-corrected chi connectivity index (χ2v) is 14.8. The minimum Gasteiger partial charge on any atom is -0.400 e. The second-order valence-electron chi connectivity index (χ2n) is 14.8. The van der Waals surface area contributed by atoms with Gasteiger partial charge < -0.3 is 35.0 Å². The lowest BCUT2D eigenvalue weighted by Crippen LogP contribution is -2.55. The van der Waals surface area contributed by atoms with Crippen LogP contribution in [0.3, 0.4) is 0 Å². The van der Waals surface area contributed by atoms with Crippen molar-refractivity contribution in [2.24, 2.45) is 17.8 Å². The third kappa shape index (κ3) is 15.5. The van der Waals surface area contributed by atoms with E-state index in [-0.39, 0.29) is 66.9 Å². The van der Waals surface area contributed by atoms with Gasteiger partial charge in [-0.2, -0.15) is 0 Å². The van der Waals surface area contributed by atoms with Gasteiger partial charge in [-0.3, -0.25) is 28.9 Å². The van der Waals surface area contributed by atoms with Crippen LogP contribution in [0.2, 0.25) is 0 Å². The number of halogens is 1. The minimum absolute atomic E-state index is 0.00454. The summed E-state index contributed by atoms with van der Waals surface area (Å²) in [5.74, 6) is -2.51. The van der Waals surface area contributed by atoms with E-state index in [1.165, 1.54) is 38.8 Å². The van der Waals surface area contributed by atoms with E-state index in [1.54, 1.807) is 30.7 Å². The number of ether oxygens (including phenoxy) is 2. The van der Waals surface area contributed by atoms with Crippen LogP contribution >= 0.6 is 0 Å². The molecule has 1 aromatic carbocycles. The van der Waals surface area contributed by atoms with Crippen molar-refractivity contribution in [3.05, 3.63) is 35.1 Å². The first-order valence-corrected chi connectivity index (χ1v) is 19.5. The number of benzene rings is 1. The van der Waals surface area contributed by atoms with Crippen molar-refractivity contribution in [2.45, 2.75) is 118 Å². The third-order valence-corrected chi connectivity index (χ3v) is 10.1. The van der Waals surface area contributed by atoms with E-state index in [9.17, 15) is 28.4 Å². The molecular weight excluding hydrogens is 709 g/mol. The predicted octanol–water partition coefficient (Wildman–Crippen LogP) is 4.08. The molecule has 1 aliphatic heterocycles. The minimum atomic E-state index is -0.687. The molecule has 2 rings (SSSR count). The van der Waals surface area contributed by atoms with Crippen LogP contribution in [0, 0.1) is 30.5 Å². The summed E-state index contributed by atoms with van der Waals surface area (Å²) in [6.07, 6.45) is 2.07. The van der Waals surface area contributed by atoms with E-state index < -0.39 is 35.9 Å². The first kappa shape index (κ1) is 51.5. The Labute approximate surface area is 330 Å². The number of aliphatic hydroxyl groups excluding tert-OH is 1.